The molecule has 0 saturated carbocycles. The summed E-state index contributed by atoms with van der Waals surface area (Å²) in [6, 6.07) is 5.74. The first kappa shape index (κ1) is 19.1. The highest BCUT2D eigenvalue weighted by Gasteiger charge is 2.23. The molecule has 1 aromatic carbocycles. The van der Waals surface area contributed by atoms with Crippen LogP contribution in [0.2, 0.25) is 5.02 Å². The van der Waals surface area contributed by atoms with Crippen LogP contribution in [0.3, 0.4) is 0 Å². The quantitative estimate of drug-likeness (QED) is 0.575. The molecule has 0 bridgehead atoms. The summed E-state index contributed by atoms with van der Waals surface area (Å²) >= 11 is 6.08. The SMILES string of the molecule is C=C(C)N(CC(=O)N1CCN(c2ccc(Cl)c(OC)c2)CC1)/N=C\C. The number of carbonyl (C=O) groups excluding carboxylic acids is 1. The molecule has 1 heterocycles. The van der Waals surface area contributed by atoms with Gasteiger partial charge in [-0.1, -0.05) is 18.2 Å². The van der Waals surface area contributed by atoms with Gasteiger partial charge in [-0.3, -0.25) is 9.80 Å². The van der Waals surface area contributed by atoms with E-state index in [2.05, 4.69) is 16.6 Å². The van der Waals surface area contributed by atoms with Gasteiger partial charge in [-0.15, -0.1) is 0 Å². The van der Waals surface area contributed by atoms with Gasteiger partial charge in [0.15, 0.2) is 0 Å². The number of nitrogens with zero attached hydrogens (tertiary/aromatic N) is 4. The van der Waals surface area contributed by atoms with Gasteiger partial charge in [0.05, 0.1) is 12.1 Å². The summed E-state index contributed by atoms with van der Waals surface area (Å²) in [4.78, 5) is 16.6. The molecule has 0 radical (unpaired) electrons. The van der Waals surface area contributed by atoms with Gasteiger partial charge >= 0.3 is 0 Å². The van der Waals surface area contributed by atoms with Gasteiger partial charge in [0.2, 0.25) is 5.91 Å². The molecular weight excluding hydrogens is 340 g/mol. The molecule has 2 rings (SSSR count). The van der Waals surface area contributed by atoms with Crippen molar-refractivity contribution in [3.05, 3.63) is 35.5 Å². The summed E-state index contributed by atoms with van der Waals surface area (Å²) in [6.45, 7) is 10.6. The monoisotopic (exact) mass is 364 g/mol. The molecule has 1 fully saturated rings. The Morgan fingerprint density at radius 1 is 1.40 bits per heavy atom. The van der Waals surface area contributed by atoms with Crippen molar-refractivity contribution in [2.45, 2.75) is 13.8 Å². The molecule has 1 amide bonds. The molecule has 136 valence electrons. The lowest BCUT2D eigenvalue weighted by Gasteiger charge is -2.37. The van der Waals surface area contributed by atoms with E-state index in [0.29, 0.717) is 23.9 Å². The highest BCUT2D eigenvalue weighted by atomic mass is 35.5. The first-order chi connectivity index (χ1) is 12.0. The van der Waals surface area contributed by atoms with Gasteiger partial charge in [0.25, 0.3) is 0 Å². The maximum atomic E-state index is 12.5. The molecule has 1 aliphatic heterocycles. The fourth-order valence-electron chi connectivity index (χ4n) is 2.70. The van der Waals surface area contributed by atoms with E-state index in [1.807, 2.05) is 36.9 Å². The number of benzene rings is 1. The second kappa shape index (κ2) is 8.76. The van der Waals surface area contributed by atoms with Gasteiger partial charge in [0.1, 0.15) is 12.3 Å². The van der Waals surface area contributed by atoms with Crippen molar-refractivity contribution in [2.75, 3.05) is 44.7 Å². The van der Waals surface area contributed by atoms with Crippen LogP contribution in [0, 0.1) is 0 Å². The molecule has 0 unspecified atom stereocenters. The lowest BCUT2D eigenvalue weighted by molar-refractivity contribution is -0.132. The van der Waals surface area contributed by atoms with Crippen LogP contribution in [0.25, 0.3) is 0 Å². The Balaban J connectivity index is 1.95. The molecule has 0 aliphatic carbocycles. The topological polar surface area (TPSA) is 48.4 Å². The van der Waals surface area contributed by atoms with Gasteiger partial charge in [-0.2, -0.15) is 5.10 Å². The van der Waals surface area contributed by atoms with Gasteiger partial charge in [-0.05, 0) is 26.0 Å². The Kier molecular flexibility index (Phi) is 6.70. The van der Waals surface area contributed by atoms with Gasteiger partial charge in [-0.25, -0.2) is 0 Å². The molecule has 1 aromatic rings. The van der Waals surface area contributed by atoms with Crippen LogP contribution in [-0.2, 0) is 4.79 Å². The zero-order chi connectivity index (χ0) is 18.4. The van der Waals surface area contributed by atoms with Crippen molar-refractivity contribution in [3.63, 3.8) is 0 Å². The van der Waals surface area contributed by atoms with Crippen molar-refractivity contribution < 1.29 is 9.53 Å². The van der Waals surface area contributed by atoms with Crippen LogP contribution in [0.4, 0.5) is 5.69 Å². The third-order valence-corrected chi connectivity index (χ3v) is 4.42. The Morgan fingerprint density at radius 3 is 2.64 bits per heavy atom. The lowest BCUT2D eigenvalue weighted by Crippen LogP contribution is -2.50. The van der Waals surface area contributed by atoms with E-state index in [1.54, 1.807) is 18.3 Å². The number of piperazine rings is 1. The number of anilines is 1. The van der Waals surface area contributed by atoms with Gasteiger partial charge in [0, 0.05) is 49.8 Å². The minimum Gasteiger partial charge on any atom is -0.495 e. The van der Waals surface area contributed by atoms with E-state index in [-0.39, 0.29) is 12.5 Å². The molecule has 0 atom stereocenters. The zero-order valence-corrected chi connectivity index (χ0v) is 15.8. The Labute approximate surface area is 154 Å². The van der Waals surface area contributed by atoms with E-state index in [0.717, 1.165) is 24.5 Å². The summed E-state index contributed by atoms with van der Waals surface area (Å²) < 4.78 is 5.27. The number of hydrogen-bond acceptors (Lipinski definition) is 5. The number of amides is 1. The third-order valence-electron chi connectivity index (χ3n) is 4.11. The lowest BCUT2D eigenvalue weighted by atomic mass is 10.2. The first-order valence-corrected chi connectivity index (χ1v) is 8.62. The average Bonchev–Trinajstić information content (AvgIpc) is 2.61. The third kappa shape index (κ3) is 4.89. The van der Waals surface area contributed by atoms with Crippen molar-refractivity contribution >= 4 is 29.4 Å². The maximum Gasteiger partial charge on any atom is 0.244 e. The number of methoxy groups -OCH3 is 1. The molecule has 1 saturated heterocycles. The molecule has 6 nitrogen and oxygen atoms in total. The Hall–Kier alpha value is -2.21. The van der Waals surface area contributed by atoms with Crippen LogP contribution in [0.5, 0.6) is 5.75 Å². The van der Waals surface area contributed by atoms with Crippen molar-refractivity contribution in [3.8, 4) is 5.75 Å². The molecule has 0 aromatic heterocycles. The largest absolute Gasteiger partial charge is 0.495 e. The molecule has 7 heteroatoms. The predicted octanol–water partition coefficient (Wildman–Crippen LogP) is 2.84. The van der Waals surface area contributed by atoms with E-state index in [1.165, 1.54) is 0 Å². The summed E-state index contributed by atoms with van der Waals surface area (Å²) in [5.41, 5.74) is 1.80. The van der Waals surface area contributed by atoms with E-state index in [9.17, 15) is 4.79 Å². The molecular formula is C18H25ClN4O2. The Morgan fingerprint density at radius 2 is 2.08 bits per heavy atom. The van der Waals surface area contributed by atoms with Crippen molar-refractivity contribution in [2.24, 2.45) is 5.10 Å². The fourth-order valence-corrected chi connectivity index (χ4v) is 2.90. The highest BCUT2D eigenvalue weighted by Crippen LogP contribution is 2.29. The van der Waals surface area contributed by atoms with E-state index >= 15 is 0 Å². The smallest absolute Gasteiger partial charge is 0.244 e. The number of halogens is 1. The van der Waals surface area contributed by atoms with Gasteiger partial charge < -0.3 is 14.5 Å². The number of carbonyl (C=O) groups is 1. The standard InChI is InChI=1S/C18H25ClN4O2/c1-5-20-23(14(2)3)13-18(24)22-10-8-21(9-11-22)15-6-7-16(19)17(12-15)25-4/h5-7,12H,2,8-11,13H2,1,3-4H3/b20-5-. The molecule has 1 aliphatic rings. The number of hydrogen-bond donors (Lipinski definition) is 0. The van der Waals surface area contributed by atoms with Crippen LogP contribution >= 0.6 is 11.6 Å². The van der Waals surface area contributed by atoms with E-state index < -0.39 is 0 Å². The average molecular weight is 365 g/mol. The summed E-state index contributed by atoms with van der Waals surface area (Å²) in [5, 5.41) is 6.39. The van der Waals surface area contributed by atoms with Crippen molar-refractivity contribution in [1.82, 2.24) is 9.91 Å². The second-order valence-electron chi connectivity index (χ2n) is 5.85. The van der Waals surface area contributed by atoms with Crippen LogP contribution < -0.4 is 9.64 Å². The molecule has 0 spiro atoms. The molecule has 0 N–H and O–H groups in total. The minimum atomic E-state index is 0.0573. The fraction of sp³-hybridized carbons (Fsp3) is 0.444. The van der Waals surface area contributed by atoms with Crippen LogP contribution in [0.15, 0.2) is 35.6 Å². The summed E-state index contributed by atoms with van der Waals surface area (Å²) in [6.07, 6.45) is 1.66. The Bertz CT molecular complexity index is 654. The summed E-state index contributed by atoms with van der Waals surface area (Å²) in [5.74, 6) is 0.717. The molecule has 25 heavy (non-hydrogen) atoms. The zero-order valence-electron chi connectivity index (χ0n) is 15.0. The normalized spacial score (nSPS) is 14.7. The number of hydrazone groups is 1. The first-order valence-electron chi connectivity index (χ1n) is 8.24. The highest BCUT2D eigenvalue weighted by molar-refractivity contribution is 6.32. The van der Waals surface area contributed by atoms with Crippen LogP contribution in [-0.4, -0.2) is 61.9 Å². The number of ether oxygens (including phenoxy) is 1. The minimum absolute atomic E-state index is 0.0573. The summed E-state index contributed by atoms with van der Waals surface area (Å²) in [7, 11) is 1.60. The maximum absolute atomic E-state index is 12.5. The predicted molar refractivity (Wildman–Crippen MR) is 102 cm³/mol. The van der Waals surface area contributed by atoms with E-state index in [4.69, 9.17) is 16.3 Å². The number of allylic oxidation sites excluding steroid dienone is 1. The van der Waals surface area contributed by atoms with Crippen molar-refractivity contribution in [1.29, 1.82) is 0 Å². The van der Waals surface area contributed by atoms with Crippen LogP contribution in [0.1, 0.15) is 13.8 Å². The second-order valence-corrected chi connectivity index (χ2v) is 6.26. The number of rotatable bonds is 6.